The lowest BCUT2D eigenvalue weighted by Gasteiger charge is -2.19. The van der Waals surface area contributed by atoms with Crippen LogP contribution >= 0.6 is 11.3 Å². The average Bonchev–Trinajstić information content (AvgIpc) is 2.83. The minimum atomic E-state index is -0.0163. The second kappa shape index (κ2) is 6.54. The molecule has 0 aliphatic carbocycles. The summed E-state index contributed by atoms with van der Waals surface area (Å²) in [6, 6.07) is 3.98. The highest BCUT2D eigenvalue weighted by molar-refractivity contribution is 7.09. The zero-order valence-electron chi connectivity index (χ0n) is 13.1. The predicted molar refractivity (Wildman–Crippen MR) is 86.9 cm³/mol. The molecule has 5 heteroatoms. The van der Waals surface area contributed by atoms with E-state index in [1.54, 1.807) is 11.3 Å². The maximum atomic E-state index is 5.82. The van der Waals surface area contributed by atoms with Crippen LogP contribution in [-0.4, -0.2) is 16.6 Å². The molecule has 0 radical (unpaired) electrons. The van der Waals surface area contributed by atoms with Gasteiger partial charge in [0.15, 0.2) is 0 Å². The number of rotatable bonds is 5. The Morgan fingerprint density at radius 1 is 1.29 bits per heavy atom. The van der Waals surface area contributed by atoms with E-state index in [0.29, 0.717) is 19.0 Å². The van der Waals surface area contributed by atoms with E-state index in [-0.39, 0.29) is 5.41 Å². The number of nitrogens with two attached hydrogens (primary N) is 1. The number of ether oxygens (including phenoxy) is 1. The fraction of sp³-hybridized carbons (Fsp3) is 0.500. The van der Waals surface area contributed by atoms with Gasteiger partial charge < -0.3 is 10.5 Å². The van der Waals surface area contributed by atoms with E-state index < -0.39 is 0 Å². The average molecular weight is 305 g/mol. The molecule has 0 amide bonds. The lowest BCUT2D eigenvalue weighted by atomic mass is 9.91. The van der Waals surface area contributed by atoms with Gasteiger partial charge in [-0.3, -0.25) is 0 Å². The summed E-state index contributed by atoms with van der Waals surface area (Å²) in [5, 5.41) is 0. The Labute approximate surface area is 130 Å². The highest BCUT2D eigenvalue weighted by Gasteiger charge is 2.17. The first-order valence-corrected chi connectivity index (χ1v) is 8.01. The summed E-state index contributed by atoms with van der Waals surface area (Å²) in [5.41, 5.74) is 10.8. The molecule has 114 valence electrons. The number of hydrogen-bond donors (Lipinski definition) is 1. The van der Waals surface area contributed by atoms with Crippen molar-refractivity contribution in [2.45, 2.75) is 46.1 Å². The molecule has 2 heterocycles. The predicted octanol–water partition coefficient (Wildman–Crippen LogP) is 3.22. The molecule has 0 aliphatic rings. The van der Waals surface area contributed by atoms with Crippen LogP contribution in [-0.2, 0) is 18.4 Å². The SMILES string of the molecule is Cc1ncsc1CCOc1cc(CN)cc(C(C)(C)C)n1. The Balaban J connectivity index is 2.07. The number of nitrogens with zero attached hydrogens (tertiary/aromatic N) is 2. The third-order valence-electron chi connectivity index (χ3n) is 3.29. The van der Waals surface area contributed by atoms with Crippen molar-refractivity contribution < 1.29 is 4.74 Å². The van der Waals surface area contributed by atoms with Gasteiger partial charge in [-0.2, -0.15) is 0 Å². The van der Waals surface area contributed by atoms with Crippen LogP contribution in [0.5, 0.6) is 5.88 Å². The quantitative estimate of drug-likeness (QED) is 0.921. The van der Waals surface area contributed by atoms with Gasteiger partial charge in [0, 0.05) is 29.3 Å². The van der Waals surface area contributed by atoms with E-state index >= 15 is 0 Å². The normalized spacial score (nSPS) is 11.7. The molecule has 2 aromatic heterocycles. The van der Waals surface area contributed by atoms with Gasteiger partial charge in [0.05, 0.1) is 23.5 Å². The monoisotopic (exact) mass is 305 g/mol. The highest BCUT2D eigenvalue weighted by Crippen LogP contribution is 2.24. The van der Waals surface area contributed by atoms with E-state index in [0.717, 1.165) is 23.4 Å². The van der Waals surface area contributed by atoms with E-state index in [1.807, 2.05) is 18.5 Å². The van der Waals surface area contributed by atoms with Crippen molar-refractivity contribution in [2.75, 3.05) is 6.61 Å². The van der Waals surface area contributed by atoms with E-state index in [2.05, 4.69) is 36.8 Å². The van der Waals surface area contributed by atoms with Crippen LogP contribution in [0, 0.1) is 6.92 Å². The Morgan fingerprint density at radius 2 is 2.05 bits per heavy atom. The Morgan fingerprint density at radius 3 is 2.62 bits per heavy atom. The third kappa shape index (κ3) is 4.25. The summed E-state index contributed by atoms with van der Waals surface area (Å²) in [7, 11) is 0. The number of aryl methyl sites for hydroxylation is 1. The van der Waals surface area contributed by atoms with Gasteiger partial charge >= 0.3 is 0 Å². The molecule has 0 unspecified atom stereocenters. The maximum absolute atomic E-state index is 5.82. The summed E-state index contributed by atoms with van der Waals surface area (Å²) in [6.45, 7) is 9.54. The summed E-state index contributed by atoms with van der Waals surface area (Å²) >= 11 is 1.67. The zero-order chi connectivity index (χ0) is 15.5. The molecule has 2 aromatic rings. The summed E-state index contributed by atoms with van der Waals surface area (Å²) in [4.78, 5) is 10.1. The summed E-state index contributed by atoms with van der Waals surface area (Å²) < 4.78 is 5.82. The standard InChI is InChI=1S/C16H23N3OS/c1-11-13(21-10-18-11)5-6-20-15-8-12(9-17)7-14(19-15)16(2,3)4/h7-8,10H,5-6,9,17H2,1-4H3. The van der Waals surface area contributed by atoms with Crippen molar-refractivity contribution in [3.05, 3.63) is 39.5 Å². The number of hydrogen-bond acceptors (Lipinski definition) is 5. The molecule has 2 N–H and O–H groups in total. The van der Waals surface area contributed by atoms with Crippen molar-refractivity contribution in [3.8, 4) is 5.88 Å². The van der Waals surface area contributed by atoms with Crippen molar-refractivity contribution in [1.82, 2.24) is 9.97 Å². The molecule has 4 nitrogen and oxygen atoms in total. The molecule has 0 aliphatic heterocycles. The van der Waals surface area contributed by atoms with Crippen molar-refractivity contribution in [2.24, 2.45) is 5.73 Å². The Kier molecular flexibility index (Phi) is 4.96. The minimum Gasteiger partial charge on any atom is -0.477 e. The van der Waals surface area contributed by atoms with Gasteiger partial charge in [0.2, 0.25) is 5.88 Å². The first-order valence-electron chi connectivity index (χ1n) is 7.13. The first-order chi connectivity index (χ1) is 9.90. The van der Waals surface area contributed by atoms with E-state index in [4.69, 9.17) is 10.5 Å². The molecule has 0 atom stereocenters. The topological polar surface area (TPSA) is 61.0 Å². The molecule has 0 fully saturated rings. The molecule has 0 saturated carbocycles. The van der Waals surface area contributed by atoms with Crippen LogP contribution in [0.25, 0.3) is 0 Å². The van der Waals surface area contributed by atoms with Crippen molar-refractivity contribution in [1.29, 1.82) is 0 Å². The second-order valence-corrected chi connectivity index (χ2v) is 7.05. The van der Waals surface area contributed by atoms with E-state index in [9.17, 15) is 0 Å². The number of aromatic nitrogens is 2. The largest absolute Gasteiger partial charge is 0.477 e. The van der Waals surface area contributed by atoms with Crippen molar-refractivity contribution in [3.63, 3.8) is 0 Å². The van der Waals surface area contributed by atoms with E-state index in [1.165, 1.54) is 4.88 Å². The van der Waals surface area contributed by atoms with Crippen molar-refractivity contribution >= 4 is 11.3 Å². The molecule has 0 aromatic carbocycles. The molecule has 0 saturated heterocycles. The first kappa shape index (κ1) is 15.9. The molecule has 0 spiro atoms. The molecular weight excluding hydrogens is 282 g/mol. The van der Waals surface area contributed by atoms with Crippen LogP contribution in [0.3, 0.4) is 0 Å². The van der Waals surface area contributed by atoms with Crippen LogP contribution in [0.1, 0.15) is 42.6 Å². The number of pyridine rings is 1. The van der Waals surface area contributed by atoms with Gasteiger partial charge in [-0.05, 0) is 18.6 Å². The van der Waals surface area contributed by atoms with Crippen LogP contribution in [0.4, 0.5) is 0 Å². The van der Waals surface area contributed by atoms with Gasteiger partial charge in [-0.25, -0.2) is 9.97 Å². The summed E-state index contributed by atoms with van der Waals surface area (Å²) in [6.07, 6.45) is 0.857. The molecular formula is C16H23N3OS. The highest BCUT2D eigenvalue weighted by atomic mass is 32.1. The molecule has 0 bridgehead atoms. The van der Waals surface area contributed by atoms with Gasteiger partial charge in [-0.15, -0.1) is 11.3 Å². The van der Waals surface area contributed by atoms with Gasteiger partial charge in [0.25, 0.3) is 0 Å². The second-order valence-electron chi connectivity index (χ2n) is 6.11. The van der Waals surface area contributed by atoms with Gasteiger partial charge in [0.1, 0.15) is 0 Å². The van der Waals surface area contributed by atoms with Gasteiger partial charge in [-0.1, -0.05) is 20.8 Å². The number of thiazole rings is 1. The third-order valence-corrected chi connectivity index (χ3v) is 4.28. The fourth-order valence-electron chi connectivity index (χ4n) is 1.95. The fourth-order valence-corrected chi connectivity index (χ4v) is 2.71. The maximum Gasteiger partial charge on any atom is 0.213 e. The Hall–Kier alpha value is -1.46. The van der Waals surface area contributed by atoms with Crippen LogP contribution in [0.2, 0.25) is 0 Å². The smallest absolute Gasteiger partial charge is 0.213 e. The van der Waals surface area contributed by atoms with Crippen LogP contribution < -0.4 is 10.5 Å². The minimum absolute atomic E-state index is 0.0163. The van der Waals surface area contributed by atoms with Crippen LogP contribution in [0.15, 0.2) is 17.6 Å². The lowest BCUT2D eigenvalue weighted by molar-refractivity contribution is 0.307. The lowest BCUT2D eigenvalue weighted by Crippen LogP contribution is -2.16. The molecule has 2 rings (SSSR count). The molecule has 21 heavy (non-hydrogen) atoms. The summed E-state index contributed by atoms with van der Waals surface area (Å²) in [5.74, 6) is 0.657. The Bertz CT molecular complexity index is 602. The zero-order valence-corrected chi connectivity index (χ0v) is 14.0.